The lowest BCUT2D eigenvalue weighted by Crippen LogP contribution is -2.47. The normalized spacial score (nSPS) is 19.9. The number of anilines is 4. The third-order valence-electron chi connectivity index (χ3n) is 14.7. The fraction of sp³-hybridized carbons (Fsp3) is 0.451. The molecule has 2 aromatic heterocycles. The Kier molecular flexibility index (Phi) is 13.3. The van der Waals surface area contributed by atoms with Crippen molar-refractivity contribution < 1.29 is 27.6 Å². The van der Waals surface area contributed by atoms with E-state index in [1.807, 2.05) is 41.3 Å². The number of ether oxygens (including phenoxy) is 2. The number of sulfonamides is 1. The van der Waals surface area contributed by atoms with E-state index in [-0.39, 0.29) is 39.9 Å². The Labute approximate surface area is 408 Å². The lowest BCUT2D eigenvalue weighted by Gasteiger charge is -2.39. The summed E-state index contributed by atoms with van der Waals surface area (Å²) in [7, 11) is -4.58. The number of carbonyl (C=O) groups is 1. The SMILES string of the molecule is CC1(C)CCC(CN2CCN(c3ccc(C(=O)NS(=O)(=O)c4ccc(NC5CCN(C6CCOCC6)CC5)c([N+](=O)[O-])c4)c(N4CCOc5nc6[nH]ccc6cc54)c3)CC2)=C(c2ccc(Cl)cc2)C1. The van der Waals surface area contributed by atoms with Crippen molar-refractivity contribution in [2.75, 3.05) is 87.3 Å². The van der Waals surface area contributed by atoms with E-state index in [0.717, 1.165) is 126 Å². The molecule has 10 rings (SSSR count). The second-order valence-electron chi connectivity index (χ2n) is 19.8. The first-order valence-corrected chi connectivity index (χ1v) is 26.0. The van der Waals surface area contributed by atoms with Crippen LogP contribution in [0.15, 0.2) is 89.5 Å². The minimum absolute atomic E-state index is 0.0120. The number of allylic oxidation sites excluding steroid dienone is 1. The predicted molar refractivity (Wildman–Crippen MR) is 270 cm³/mol. The third kappa shape index (κ3) is 10.3. The standard InChI is InChI=1S/C51H60ClN9O7S/c1-51(2)17-11-36(43(32-51)34-3-5-37(52)6-4-34)33-57-21-23-59(24-22-57)40-7-9-42(45(30-40)60-25-28-68-50-47(60)29-35-12-18-53-48(35)55-50)49(62)56-69(65,66)41-8-10-44(46(31-41)61(63)64)54-38-13-19-58(20-14-38)39-15-26-67-27-16-39/h3-10,12,18,29-31,38-39,54H,11,13-17,19-28,32-33H2,1-2H3,(H,53,55)(H,56,62). The molecule has 3 N–H and O–H groups in total. The fourth-order valence-corrected chi connectivity index (χ4v) is 11.9. The molecule has 5 aliphatic rings. The van der Waals surface area contributed by atoms with Crippen LogP contribution in [0.25, 0.3) is 16.6 Å². The Balaban J connectivity index is 0.883. The van der Waals surface area contributed by atoms with E-state index in [1.54, 1.807) is 12.3 Å². The minimum Gasteiger partial charge on any atom is -0.474 e. The van der Waals surface area contributed by atoms with E-state index in [4.69, 9.17) is 26.1 Å². The number of nitrogens with one attached hydrogen (secondary N) is 3. The van der Waals surface area contributed by atoms with Gasteiger partial charge in [-0.25, -0.2) is 13.1 Å². The summed E-state index contributed by atoms with van der Waals surface area (Å²) in [5.74, 6) is -0.481. The molecule has 0 unspecified atom stereocenters. The summed E-state index contributed by atoms with van der Waals surface area (Å²) < 4.78 is 41.9. The number of rotatable bonds is 12. The highest BCUT2D eigenvalue weighted by Crippen LogP contribution is 2.44. The molecule has 1 amide bonds. The van der Waals surface area contributed by atoms with Gasteiger partial charge in [0.15, 0.2) is 0 Å². The average molecular weight is 979 g/mol. The minimum atomic E-state index is -4.58. The molecule has 18 heteroatoms. The van der Waals surface area contributed by atoms with Crippen LogP contribution in [0.2, 0.25) is 5.02 Å². The first kappa shape index (κ1) is 47.0. The second-order valence-corrected chi connectivity index (χ2v) is 21.9. The summed E-state index contributed by atoms with van der Waals surface area (Å²) in [5.41, 5.74) is 7.01. The van der Waals surface area contributed by atoms with Crippen LogP contribution in [0.5, 0.6) is 5.88 Å². The molecule has 364 valence electrons. The highest BCUT2D eigenvalue weighted by Gasteiger charge is 2.33. The molecule has 5 aromatic rings. The summed E-state index contributed by atoms with van der Waals surface area (Å²) in [6.45, 7) is 12.6. The topological polar surface area (TPSA) is 179 Å². The Morgan fingerprint density at radius 3 is 2.43 bits per heavy atom. The number of piperidine rings is 1. The van der Waals surface area contributed by atoms with Crippen LogP contribution in [0.1, 0.15) is 74.7 Å². The molecule has 4 aliphatic heterocycles. The van der Waals surface area contributed by atoms with E-state index in [9.17, 15) is 23.3 Å². The van der Waals surface area contributed by atoms with Crippen LogP contribution in [-0.2, 0) is 14.8 Å². The Hall–Kier alpha value is -5.72. The molecule has 3 aromatic carbocycles. The Morgan fingerprint density at radius 1 is 0.913 bits per heavy atom. The summed E-state index contributed by atoms with van der Waals surface area (Å²) in [6, 6.07) is 21.8. The molecule has 0 spiro atoms. The van der Waals surface area contributed by atoms with Crippen molar-refractivity contribution in [2.45, 2.75) is 75.8 Å². The summed E-state index contributed by atoms with van der Waals surface area (Å²) in [4.78, 5) is 43.0. The highest BCUT2D eigenvalue weighted by molar-refractivity contribution is 7.90. The summed E-state index contributed by atoms with van der Waals surface area (Å²) in [5, 5.41) is 17.3. The second kappa shape index (κ2) is 19.6. The first-order chi connectivity index (χ1) is 33.3. The number of fused-ring (bicyclic) bond motifs is 2. The van der Waals surface area contributed by atoms with Crippen molar-refractivity contribution in [1.82, 2.24) is 24.5 Å². The van der Waals surface area contributed by atoms with Crippen molar-refractivity contribution in [2.24, 2.45) is 5.41 Å². The van der Waals surface area contributed by atoms with Crippen LogP contribution < -0.4 is 24.6 Å². The van der Waals surface area contributed by atoms with E-state index in [2.05, 4.69) is 55.7 Å². The van der Waals surface area contributed by atoms with Gasteiger partial charge in [-0.15, -0.1) is 0 Å². The molecule has 0 bridgehead atoms. The smallest absolute Gasteiger partial charge is 0.293 e. The molecule has 0 radical (unpaired) electrons. The van der Waals surface area contributed by atoms with Crippen molar-refractivity contribution in [3.8, 4) is 5.88 Å². The Bertz CT molecular complexity index is 2870. The molecular weight excluding hydrogens is 918 g/mol. The predicted octanol–water partition coefficient (Wildman–Crippen LogP) is 8.61. The maximum absolute atomic E-state index is 14.4. The van der Waals surface area contributed by atoms with Crippen LogP contribution in [0.4, 0.5) is 28.4 Å². The van der Waals surface area contributed by atoms with Crippen molar-refractivity contribution in [1.29, 1.82) is 0 Å². The fourth-order valence-electron chi connectivity index (χ4n) is 10.8. The van der Waals surface area contributed by atoms with Crippen molar-refractivity contribution in [3.05, 3.63) is 111 Å². The number of likely N-dealkylation sites (tertiary alicyclic amines) is 1. The van der Waals surface area contributed by atoms with Gasteiger partial charge in [-0.2, -0.15) is 4.98 Å². The number of hydrogen-bond acceptors (Lipinski definition) is 13. The van der Waals surface area contributed by atoms with E-state index in [0.29, 0.717) is 35.5 Å². The van der Waals surface area contributed by atoms with Crippen LogP contribution >= 0.6 is 11.6 Å². The first-order valence-electron chi connectivity index (χ1n) is 24.2. The van der Waals surface area contributed by atoms with Gasteiger partial charge in [-0.05, 0) is 116 Å². The van der Waals surface area contributed by atoms with Crippen LogP contribution in [-0.4, -0.2) is 123 Å². The van der Waals surface area contributed by atoms with Gasteiger partial charge in [0, 0.05) is 99.5 Å². The summed E-state index contributed by atoms with van der Waals surface area (Å²) in [6.07, 6.45) is 8.61. The number of aromatic nitrogens is 2. The number of hydrogen-bond donors (Lipinski definition) is 3. The van der Waals surface area contributed by atoms with Crippen molar-refractivity contribution >= 4 is 72.6 Å². The van der Waals surface area contributed by atoms with Gasteiger partial charge in [-0.1, -0.05) is 43.2 Å². The molecule has 3 saturated heterocycles. The number of H-pyrrole nitrogens is 1. The quantitative estimate of drug-likeness (QED) is 0.0801. The van der Waals surface area contributed by atoms with Gasteiger partial charge in [0.05, 0.1) is 27.6 Å². The number of nitro groups is 1. The monoisotopic (exact) mass is 977 g/mol. The number of benzene rings is 3. The lowest BCUT2D eigenvalue weighted by atomic mass is 9.72. The third-order valence-corrected chi connectivity index (χ3v) is 16.3. The number of nitro benzene ring substituents is 1. The number of pyridine rings is 1. The highest BCUT2D eigenvalue weighted by atomic mass is 35.5. The number of piperazine rings is 1. The van der Waals surface area contributed by atoms with E-state index in [1.165, 1.54) is 28.8 Å². The van der Waals surface area contributed by atoms with E-state index >= 15 is 0 Å². The number of aromatic amines is 1. The van der Waals surface area contributed by atoms with Crippen LogP contribution in [0, 0.1) is 15.5 Å². The average Bonchev–Trinajstić information content (AvgIpc) is 3.82. The van der Waals surface area contributed by atoms with Gasteiger partial charge >= 0.3 is 0 Å². The Morgan fingerprint density at radius 2 is 1.68 bits per heavy atom. The van der Waals surface area contributed by atoms with Gasteiger partial charge in [0.2, 0.25) is 5.88 Å². The maximum atomic E-state index is 14.4. The molecule has 1 aliphatic carbocycles. The zero-order chi connectivity index (χ0) is 47.9. The van der Waals surface area contributed by atoms with E-state index < -0.39 is 20.9 Å². The maximum Gasteiger partial charge on any atom is 0.293 e. The number of nitrogens with zero attached hydrogens (tertiary/aromatic N) is 6. The molecule has 0 saturated carbocycles. The largest absolute Gasteiger partial charge is 0.474 e. The van der Waals surface area contributed by atoms with Gasteiger partial charge < -0.3 is 34.5 Å². The zero-order valence-corrected chi connectivity index (χ0v) is 40.8. The van der Waals surface area contributed by atoms with Gasteiger partial charge in [-0.3, -0.25) is 19.8 Å². The number of halogens is 1. The molecule has 0 atom stereocenters. The zero-order valence-electron chi connectivity index (χ0n) is 39.2. The van der Waals surface area contributed by atoms with Crippen molar-refractivity contribution in [3.63, 3.8) is 0 Å². The molecular formula is C51H60ClN9O7S. The lowest BCUT2D eigenvalue weighted by molar-refractivity contribution is -0.384. The van der Waals surface area contributed by atoms with Crippen LogP contribution in [0.3, 0.4) is 0 Å². The van der Waals surface area contributed by atoms with Gasteiger partial charge in [0.1, 0.15) is 23.6 Å². The number of amides is 1. The summed E-state index contributed by atoms with van der Waals surface area (Å²) >= 11 is 6.28. The molecule has 69 heavy (non-hydrogen) atoms. The molecule has 3 fully saturated rings. The molecule has 16 nitrogen and oxygen atoms in total. The molecule has 6 heterocycles. The number of carbonyl (C=O) groups excluding carboxylic acids is 1. The van der Waals surface area contributed by atoms with Gasteiger partial charge in [0.25, 0.3) is 21.6 Å².